The van der Waals surface area contributed by atoms with Crippen molar-refractivity contribution in [2.24, 2.45) is 0 Å². The van der Waals surface area contributed by atoms with Crippen molar-refractivity contribution in [2.75, 3.05) is 0 Å². The van der Waals surface area contributed by atoms with Crippen LogP contribution in [-0.4, -0.2) is 19.9 Å². The molecule has 1 N–H and O–H groups in total. The Morgan fingerprint density at radius 3 is 2.91 bits per heavy atom. The van der Waals surface area contributed by atoms with E-state index in [0.29, 0.717) is 16.3 Å². The molecule has 52 valence electrons. The Morgan fingerprint density at radius 2 is 2.18 bits per heavy atom. The summed E-state index contributed by atoms with van der Waals surface area (Å²) in [6.07, 6.45) is 2.91. The average molecular weight is 195 g/mol. The van der Waals surface area contributed by atoms with Crippen LogP contribution in [0.4, 0.5) is 0 Å². The Balaban J connectivity index is 0.000000605. The molecule has 2 rings (SSSR count). The van der Waals surface area contributed by atoms with Crippen LogP contribution in [0.2, 0.25) is 5.15 Å². The summed E-state index contributed by atoms with van der Waals surface area (Å²) in [7, 11) is 0. The van der Waals surface area contributed by atoms with E-state index in [1.54, 1.807) is 0 Å². The molecule has 2 heterocycles. The Bertz CT molecular complexity index is 365. The van der Waals surface area contributed by atoms with Crippen LogP contribution in [-0.2, 0) is 0 Å². The minimum atomic E-state index is 0. The first kappa shape index (κ1) is 9.56. The quantitative estimate of drug-likeness (QED) is 0.395. The van der Waals surface area contributed by atoms with Gasteiger partial charge in [-0.2, -0.15) is 0 Å². The molecule has 11 heavy (non-hydrogen) atoms. The van der Waals surface area contributed by atoms with Gasteiger partial charge in [-0.15, -0.1) is 0 Å². The normalized spacial score (nSPS) is 9.55. The first-order valence-electron chi connectivity index (χ1n) is 2.67. The third-order valence-corrected chi connectivity index (χ3v) is 1.46. The molecule has 0 saturated heterocycles. The molecule has 0 amide bonds. The fourth-order valence-electron chi connectivity index (χ4n) is 0.736. The monoisotopic (exact) mass is 194 g/mol. The molecule has 0 spiro atoms. The van der Waals surface area contributed by atoms with Gasteiger partial charge in [-0.3, -0.25) is 0 Å². The number of hydrogen-bond acceptors (Lipinski definition) is 3. The minimum absolute atomic E-state index is 0. The van der Waals surface area contributed by atoms with E-state index >= 15 is 0 Å². The molecule has 0 aliphatic heterocycles. The zero-order valence-electron chi connectivity index (χ0n) is 6.87. The van der Waals surface area contributed by atoms with Crippen LogP contribution in [0, 0.1) is 0 Å². The molecule has 0 atom stereocenters. The van der Waals surface area contributed by atoms with Gasteiger partial charge in [-0.1, -0.05) is 11.6 Å². The Hall–Kier alpha value is 0.476. The van der Waals surface area contributed by atoms with E-state index in [0.717, 1.165) is 0 Å². The fraction of sp³-hybridized carbons (Fsp3) is 0. The molecule has 0 aliphatic carbocycles. The van der Waals surface area contributed by atoms with Gasteiger partial charge < -0.3 is 6.41 Å². The smallest absolute Gasteiger partial charge is 1.00 e. The number of nitrogens with zero attached hydrogens (tertiary/aromatic N) is 3. The summed E-state index contributed by atoms with van der Waals surface area (Å²) >= 11 is 5.68. The molecule has 0 bridgehead atoms. The average Bonchev–Trinajstić information content (AvgIpc) is 2.36. The maximum Gasteiger partial charge on any atom is 1.00 e. The second-order valence-electron chi connectivity index (χ2n) is 1.77. The van der Waals surface area contributed by atoms with Crippen LogP contribution < -0.4 is 51.4 Å². The van der Waals surface area contributed by atoms with Gasteiger partial charge >= 0.3 is 51.4 Å². The van der Waals surface area contributed by atoms with Gasteiger partial charge in [0.2, 0.25) is 0 Å². The van der Waals surface area contributed by atoms with E-state index in [4.69, 9.17) is 11.6 Å². The summed E-state index contributed by atoms with van der Waals surface area (Å²) < 4.78 is 0. The third kappa shape index (κ3) is 1.80. The summed E-state index contributed by atoms with van der Waals surface area (Å²) in [5.41, 5.74) is 1.28. The molecule has 2 aromatic rings. The van der Waals surface area contributed by atoms with Crippen LogP contribution in [0.3, 0.4) is 0 Å². The van der Waals surface area contributed by atoms with E-state index < -0.39 is 0 Å². The van der Waals surface area contributed by atoms with E-state index in [2.05, 4.69) is 19.9 Å². The molecule has 0 unspecified atom stereocenters. The molecule has 0 aromatic carbocycles. The molecular weight excluding hydrogens is 191 g/mol. The number of nitrogens with one attached hydrogen (secondary N) is 1. The van der Waals surface area contributed by atoms with Gasteiger partial charge in [0.25, 0.3) is 0 Å². The number of hydrogen-bond donors (Lipinski definition) is 1. The summed E-state index contributed by atoms with van der Waals surface area (Å²) in [6, 6.07) is 0. The zero-order chi connectivity index (χ0) is 6.97. The molecule has 6 heteroatoms. The Kier molecular flexibility index (Phi) is 3.41. The SMILES string of the molecule is Clc1ncnc2nc[nH]c12.[H-].[K+]. The van der Waals surface area contributed by atoms with E-state index in [1.807, 2.05) is 0 Å². The number of aromatic nitrogens is 4. The van der Waals surface area contributed by atoms with Gasteiger partial charge in [0.1, 0.15) is 11.8 Å². The van der Waals surface area contributed by atoms with Crippen LogP contribution in [0.5, 0.6) is 0 Å². The third-order valence-electron chi connectivity index (χ3n) is 1.18. The summed E-state index contributed by atoms with van der Waals surface area (Å²) in [4.78, 5) is 14.3. The van der Waals surface area contributed by atoms with Gasteiger partial charge in [0.05, 0.1) is 6.33 Å². The molecule has 0 fully saturated rings. The van der Waals surface area contributed by atoms with Crippen molar-refractivity contribution in [2.45, 2.75) is 0 Å². The number of rotatable bonds is 0. The summed E-state index contributed by atoms with van der Waals surface area (Å²) in [5.74, 6) is 0. The fourth-order valence-corrected chi connectivity index (χ4v) is 0.918. The maximum absolute atomic E-state index is 5.68. The second kappa shape index (κ2) is 3.93. The van der Waals surface area contributed by atoms with Crippen molar-refractivity contribution in [1.82, 2.24) is 19.9 Å². The van der Waals surface area contributed by atoms with Gasteiger partial charge in [0.15, 0.2) is 10.8 Å². The van der Waals surface area contributed by atoms with Crippen molar-refractivity contribution in [3.05, 3.63) is 17.8 Å². The van der Waals surface area contributed by atoms with Gasteiger partial charge in [-0.05, 0) is 0 Å². The van der Waals surface area contributed by atoms with E-state index in [-0.39, 0.29) is 52.8 Å². The number of H-pyrrole nitrogens is 1. The van der Waals surface area contributed by atoms with Crippen LogP contribution in [0.1, 0.15) is 1.43 Å². The van der Waals surface area contributed by atoms with Gasteiger partial charge in [0, 0.05) is 0 Å². The largest absolute Gasteiger partial charge is 1.00 e. The van der Waals surface area contributed by atoms with Crippen molar-refractivity contribution in [1.29, 1.82) is 0 Å². The van der Waals surface area contributed by atoms with E-state index in [9.17, 15) is 0 Å². The summed E-state index contributed by atoms with van der Waals surface area (Å²) in [6.45, 7) is 0. The molecule has 0 saturated carbocycles. The molecular formula is C5H4ClKN4. The Morgan fingerprint density at radius 1 is 1.36 bits per heavy atom. The number of aromatic amines is 1. The molecule has 2 aromatic heterocycles. The first-order chi connectivity index (χ1) is 4.88. The second-order valence-corrected chi connectivity index (χ2v) is 2.12. The van der Waals surface area contributed by atoms with Crippen molar-refractivity contribution in [3.63, 3.8) is 0 Å². The van der Waals surface area contributed by atoms with E-state index in [1.165, 1.54) is 12.7 Å². The van der Waals surface area contributed by atoms with Crippen molar-refractivity contribution < 1.29 is 52.8 Å². The minimum Gasteiger partial charge on any atom is -1.00 e. The van der Waals surface area contributed by atoms with Crippen LogP contribution >= 0.6 is 11.6 Å². The van der Waals surface area contributed by atoms with Crippen LogP contribution in [0.25, 0.3) is 11.2 Å². The molecule has 4 nitrogen and oxygen atoms in total. The zero-order valence-corrected chi connectivity index (χ0v) is 9.75. The molecule has 0 aliphatic rings. The number of fused-ring (bicyclic) bond motifs is 1. The first-order valence-corrected chi connectivity index (χ1v) is 3.05. The number of imidazole rings is 1. The molecule has 0 radical (unpaired) electrons. The maximum atomic E-state index is 5.68. The van der Waals surface area contributed by atoms with Gasteiger partial charge in [-0.25, -0.2) is 15.0 Å². The Labute approximate surface area is 112 Å². The number of halogens is 1. The topological polar surface area (TPSA) is 54.5 Å². The predicted octanol–water partition coefficient (Wildman–Crippen LogP) is -1.88. The predicted molar refractivity (Wildman–Crippen MR) is 37.8 cm³/mol. The van der Waals surface area contributed by atoms with Crippen molar-refractivity contribution in [3.8, 4) is 0 Å². The van der Waals surface area contributed by atoms with Crippen LogP contribution in [0.15, 0.2) is 12.7 Å². The standard InChI is InChI=1S/C5H3ClN4.K.H/c6-4-3-5(9-1-7-3)10-2-8-4;;/h1-2H,(H,7,8,9,10);;/q;+1;-1. The summed E-state index contributed by atoms with van der Waals surface area (Å²) in [5, 5.41) is 0.405. The van der Waals surface area contributed by atoms with Crippen molar-refractivity contribution >= 4 is 22.8 Å².